The molecule has 1 aliphatic carbocycles. The van der Waals surface area contributed by atoms with Crippen LogP contribution in [0.15, 0.2) is 53.9 Å². The van der Waals surface area contributed by atoms with Crippen molar-refractivity contribution < 1.29 is 22.8 Å². The second-order valence-electron chi connectivity index (χ2n) is 10.5. The van der Waals surface area contributed by atoms with Crippen molar-refractivity contribution in [3.05, 3.63) is 81.7 Å². The third-order valence-corrected chi connectivity index (χ3v) is 8.17. The SMILES string of the molecule is CC1=C(Cn2cc(NC(=O)c3nc(-c4c(C(F)F)ccc(Cl)c4F)cnc3C)cn2)NNC(N2C[C@H]3CC[C@H]3C2=O)=C1. The van der Waals surface area contributed by atoms with Crippen molar-refractivity contribution in [3.63, 3.8) is 0 Å². The summed E-state index contributed by atoms with van der Waals surface area (Å²) in [7, 11) is 0. The largest absolute Gasteiger partial charge is 0.318 e. The van der Waals surface area contributed by atoms with E-state index in [4.69, 9.17) is 11.6 Å². The molecule has 2 amide bonds. The Balaban J connectivity index is 1.17. The second kappa shape index (κ2) is 10.8. The first-order valence-corrected chi connectivity index (χ1v) is 13.7. The zero-order valence-electron chi connectivity index (χ0n) is 22.6. The Morgan fingerprint density at radius 2 is 2.02 bits per heavy atom. The van der Waals surface area contributed by atoms with Gasteiger partial charge in [-0.05, 0) is 50.3 Å². The van der Waals surface area contributed by atoms with Crippen LogP contribution in [0.5, 0.6) is 0 Å². The number of nitrogens with one attached hydrogen (secondary N) is 3. The van der Waals surface area contributed by atoms with Crippen molar-refractivity contribution in [1.29, 1.82) is 0 Å². The molecule has 2 fully saturated rings. The quantitative estimate of drug-likeness (QED) is 0.360. The third kappa shape index (κ3) is 4.97. The van der Waals surface area contributed by atoms with Crippen LogP contribution in [0.3, 0.4) is 0 Å². The van der Waals surface area contributed by atoms with Crippen molar-refractivity contribution in [2.24, 2.45) is 11.8 Å². The molecule has 10 nitrogen and oxygen atoms in total. The lowest BCUT2D eigenvalue weighted by molar-refractivity contribution is -0.131. The zero-order valence-corrected chi connectivity index (χ0v) is 23.3. The molecule has 3 N–H and O–H groups in total. The number of anilines is 1. The molecule has 1 aromatic carbocycles. The van der Waals surface area contributed by atoms with Crippen LogP contribution in [0.4, 0.5) is 18.9 Å². The summed E-state index contributed by atoms with van der Waals surface area (Å²) >= 11 is 5.83. The summed E-state index contributed by atoms with van der Waals surface area (Å²) in [6, 6.07) is 2.05. The summed E-state index contributed by atoms with van der Waals surface area (Å²) in [6.07, 6.45) is 5.15. The van der Waals surface area contributed by atoms with Crippen LogP contribution in [0.1, 0.15) is 47.9 Å². The highest BCUT2D eigenvalue weighted by Crippen LogP contribution is 2.42. The molecular weight excluding hydrogens is 573 g/mol. The van der Waals surface area contributed by atoms with Crippen molar-refractivity contribution in [1.82, 2.24) is 35.5 Å². The van der Waals surface area contributed by atoms with Gasteiger partial charge < -0.3 is 10.7 Å². The lowest BCUT2D eigenvalue weighted by atomic mass is 9.76. The van der Waals surface area contributed by atoms with Gasteiger partial charge in [0.1, 0.15) is 11.5 Å². The number of fused-ring (bicyclic) bond motifs is 1. The van der Waals surface area contributed by atoms with E-state index in [0.29, 0.717) is 18.2 Å². The number of likely N-dealkylation sites (tertiary alicyclic amines) is 1. The van der Waals surface area contributed by atoms with Crippen LogP contribution < -0.4 is 16.2 Å². The molecule has 42 heavy (non-hydrogen) atoms. The lowest BCUT2D eigenvalue weighted by Crippen LogP contribution is -2.43. The van der Waals surface area contributed by atoms with Crippen LogP contribution in [-0.2, 0) is 11.3 Å². The van der Waals surface area contributed by atoms with E-state index >= 15 is 0 Å². The molecule has 218 valence electrons. The Bertz CT molecular complexity index is 1670. The molecule has 0 bridgehead atoms. The Labute approximate surface area is 243 Å². The van der Waals surface area contributed by atoms with Crippen LogP contribution in [0.2, 0.25) is 5.02 Å². The van der Waals surface area contributed by atoms with Gasteiger partial charge in [0, 0.05) is 29.8 Å². The second-order valence-corrected chi connectivity index (χ2v) is 10.9. The van der Waals surface area contributed by atoms with Crippen molar-refractivity contribution in [2.75, 3.05) is 11.9 Å². The molecule has 2 aliphatic heterocycles. The highest BCUT2D eigenvalue weighted by Gasteiger charge is 2.47. The zero-order chi connectivity index (χ0) is 29.7. The first-order chi connectivity index (χ1) is 20.1. The number of rotatable bonds is 7. The molecule has 2 aromatic heterocycles. The Hall–Kier alpha value is -4.39. The summed E-state index contributed by atoms with van der Waals surface area (Å²) in [5.74, 6) is -0.284. The number of hydrazine groups is 1. The fourth-order valence-electron chi connectivity index (χ4n) is 5.39. The minimum Gasteiger partial charge on any atom is -0.318 e. The molecule has 1 saturated heterocycles. The molecule has 0 radical (unpaired) electrons. The lowest BCUT2D eigenvalue weighted by Gasteiger charge is -2.27. The fourth-order valence-corrected chi connectivity index (χ4v) is 5.55. The van der Waals surface area contributed by atoms with Gasteiger partial charge in [0.05, 0.1) is 46.7 Å². The smallest absolute Gasteiger partial charge is 0.276 e. The molecule has 1 saturated carbocycles. The molecule has 3 aliphatic rings. The van der Waals surface area contributed by atoms with Crippen LogP contribution in [0.25, 0.3) is 11.3 Å². The summed E-state index contributed by atoms with van der Waals surface area (Å²) in [5.41, 5.74) is 7.05. The van der Waals surface area contributed by atoms with Gasteiger partial charge in [-0.25, -0.2) is 18.2 Å². The predicted octanol–water partition coefficient (Wildman–Crippen LogP) is 4.72. The standard InChI is InChI=1S/C28H26ClF3N8O2/c1-13-7-22(40-10-15-3-4-17(15)28(40)42)38-37-21(13)12-39-11-16(8-34-39)35-27(41)25-14(2)33-9-20(36-25)23-18(26(31)32)5-6-19(29)24(23)30/h5-9,11,15,17,26,37-38H,3-4,10,12H2,1-2H3,(H,35,41)/t15-,17-/m1/s1. The fraction of sp³-hybridized carbons (Fsp3) is 0.321. The van der Waals surface area contributed by atoms with E-state index in [1.807, 2.05) is 13.0 Å². The van der Waals surface area contributed by atoms with Crippen molar-refractivity contribution in [2.45, 2.75) is 39.7 Å². The average molecular weight is 599 g/mol. The van der Waals surface area contributed by atoms with E-state index in [0.717, 1.165) is 54.8 Å². The molecule has 14 heteroatoms. The third-order valence-electron chi connectivity index (χ3n) is 7.88. The maximum Gasteiger partial charge on any atom is 0.276 e. The average Bonchev–Trinajstić information content (AvgIpc) is 3.46. The number of allylic oxidation sites excluding steroid dienone is 3. The van der Waals surface area contributed by atoms with E-state index in [-0.39, 0.29) is 33.9 Å². The van der Waals surface area contributed by atoms with Gasteiger partial charge in [-0.2, -0.15) is 5.10 Å². The van der Waals surface area contributed by atoms with Gasteiger partial charge in [-0.1, -0.05) is 17.7 Å². The predicted molar refractivity (Wildman–Crippen MR) is 147 cm³/mol. The van der Waals surface area contributed by atoms with Crippen molar-refractivity contribution >= 4 is 29.1 Å². The van der Waals surface area contributed by atoms with Gasteiger partial charge in [0.25, 0.3) is 12.3 Å². The molecule has 4 heterocycles. The number of carbonyl (C=O) groups excluding carboxylic acids is 2. The molecular formula is C28H26ClF3N8O2. The first-order valence-electron chi connectivity index (χ1n) is 13.3. The Morgan fingerprint density at radius 1 is 1.21 bits per heavy atom. The number of carbonyl (C=O) groups is 2. The highest BCUT2D eigenvalue weighted by atomic mass is 35.5. The van der Waals surface area contributed by atoms with Crippen LogP contribution >= 0.6 is 11.6 Å². The number of aryl methyl sites for hydroxylation is 1. The number of alkyl halides is 2. The molecule has 0 spiro atoms. The topological polar surface area (TPSA) is 117 Å². The van der Waals surface area contributed by atoms with E-state index in [2.05, 4.69) is 31.2 Å². The van der Waals surface area contributed by atoms with Gasteiger partial charge in [0.15, 0.2) is 5.82 Å². The van der Waals surface area contributed by atoms with E-state index < -0.39 is 29.3 Å². The highest BCUT2D eigenvalue weighted by molar-refractivity contribution is 6.31. The minimum absolute atomic E-state index is 0.140. The molecule has 0 unspecified atom stereocenters. The van der Waals surface area contributed by atoms with Crippen LogP contribution in [0, 0.1) is 24.6 Å². The van der Waals surface area contributed by atoms with E-state index in [1.165, 1.54) is 13.1 Å². The number of nitrogens with zero attached hydrogens (tertiary/aromatic N) is 5. The number of aromatic nitrogens is 4. The molecule has 6 rings (SSSR count). The molecule has 2 atom stereocenters. The number of halogens is 4. The van der Waals surface area contributed by atoms with Gasteiger partial charge >= 0.3 is 0 Å². The minimum atomic E-state index is -2.99. The van der Waals surface area contributed by atoms with Crippen molar-refractivity contribution in [3.8, 4) is 11.3 Å². The maximum absolute atomic E-state index is 14.8. The number of hydrogen-bond acceptors (Lipinski definition) is 7. The normalized spacial score (nSPS) is 19.7. The maximum atomic E-state index is 14.8. The monoisotopic (exact) mass is 598 g/mol. The van der Waals surface area contributed by atoms with E-state index in [9.17, 15) is 22.8 Å². The summed E-state index contributed by atoms with van der Waals surface area (Å²) in [6.45, 7) is 4.53. The van der Waals surface area contributed by atoms with Crippen LogP contribution in [-0.4, -0.2) is 43.0 Å². The summed E-state index contributed by atoms with van der Waals surface area (Å²) in [4.78, 5) is 35.7. The first kappa shape index (κ1) is 27.8. The summed E-state index contributed by atoms with van der Waals surface area (Å²) in [5, 5.41) is 6.62. The Morgan fingerprint density at radius 3 is 2.69 bits per heavy atom. The Kier molecular flexibility index (Phi) is 7.13. The number of benzene rings is 1. The summed E-state index contributed by atoms with van der Waals surface area (Å²) < 4.78 is 43.6. The molecule has 3 aromatic rings. The van der Waals surface area contributed by atoms with Gasteiger partial charge in [0.2, 0.25) is 5.91 Å². The van der Waals surface area contributed by atoms with Gasteiger partial charge in [-0.15, -0.1) is 0 Å². The number of hydrogen-bond donors (Lipinski definition) is 3. The van der Waals surface area contributed by atoms with Gasteiger partial charge in [-0.3, -0.25) is 29.6 Å². The number of amides is 2. The van der Waals surface area contributed by atoms with E-state index in [1.54, 1.807) is 15.8 Å².